The molecule has 1 aromatic carbocycles. The fourth-order valence-corrected chi connectivity index (χ4v) is 4.90. The summed E-state index contributed by atoms with van der Waals surface area (Å²) in [4.78, 5) is 51.0. The van der Waals surface area contributed by atoms with E-state index in [4.69, 9.17) is 9.47 Å². The second kappa shape index (κ2) is 10.5. The van der Waals surface area contributed by atoms with Crippen molar-refractivity contribution in [2.45, 2.75) is 64.5 Å². The van der Waals surface area contributed by atoms with Gasteiger partial charge in [-0.05, 0) is 71.2 Å². The third kappa shape index (κ3) is 5.98. The number of benzene rings is 1. The molecule has 2 fully saturated rings. The van der Waals surface area contributed by atoms with Crippen LogP contribution in [-0.4, -0.2) is 63.7 Å². The smallest absolute Gasteiger partial charge is 0.329 e. The van der Waals surface area contributed by atoms with Gasteiger partial charge in [0.2, 0.25) is 11.8 Å². The number of rotatable bonds is 7. The average molecular weight is 501 g/mol. The molecule has 3 heterocycles. The molecule has 10 nitrogen and oxygen atoms in total. The number of ether oxygens (including phenoxy) is 2. The van der Waals surface area contributed by atoms with E-state index in [0.717, 1.165) is 25.9 Å². The van der Waals surface area contributed by atoms with E-state index in [1.165, 1.54) is 9.13 Å². The summed E-state index contributed by atoms with van der Waals surface area (Å²) in [7, 11) is 1.67. The molecule has 1 atom stereocenters. The van der Waals surface area contributed by atoms with E-state index in [-0.39, 0.29) is 24.0 Å². The highest BCUT2D eigenvalue weighted by Crippen LogP contribution is 2.27. The number of hydrogen-bond acceptors (Lipinski definition) is 7. The zero-order chi connectivity index (χ0) is 26.0. The molecule has 2 aliphatic rings. The van der Waals surface area contributed by atoms with Gasteiger partial charge in [-0.1, -0.05) is 0 Å². The zero-order valence-corrected chi connectivity index (χ0v) is 21.5. The van der Waals surface area contributed by atoms with Crippen LogP contribution >= 0.6 is 0 Å². The summed E-state index contributed by atoms with van der Waals surface area (Å²) in [5, 5.41) is 2.32. The minimum Gasteiger partial charge on any atom is -0.493 e. The number of nitrogens with one attached hydrogen (secondary N) is 1. The number of fused-ring (bicyclic) bond motifs is 1. The summed E-state index contributed by atoms with van der Waals surface area (Å²) in [6.07, 6.45) is 2.89. The summed E-state index contributed by atoms with van der Waals surface area (Å²) in [5.74, 6) is 0.165. The molecule has 2 amide bonds. The molecule has 2 saturated heterocycles. The van der Waals surface area contributed by atoms with E-state index in [1.54, 1.807) is 13.1 Å². The number of imide groups is 1. The number of amides is 2. The van der Waals surface area contributed by atoms with Crippen molar-refractivity contribution in [1.82, 2.24) is 19.4 Å². The quantitative estimate of drug-likeness (QED) is 0.458. The number of piperidine rings is 2. The van der Waals surface area contributed by atoms with Gasteiger partial charge < -0.3 is 14.4 Å². The number of carbonyl (C=O) groups excluding carboxylic acids is 3. The van der Waals surface area contributed by atoms with Crippen molar-refractivity contribution in [2.24, 2.45) is 13.0 Å². The van der Waals surface area contributed by atoms with Crippen LogP contribution in [0.25, 0.3) is 11.0 Å². The Balaban J connectivity index is 1.32. The minimum atomic E-state index is -0.703. The van der Waals surface area contributed by atoms with Crippen LogP contribution in [0.2, 0.25) is 0 Å². The second-order valence-electron chi connectivity index (χ2n) is 10.8. The fourth-order valence-electron chi connectivity index (χ4n) is 4.90. The zero-order valence-electron chi connectivity index (χ0n) is 21.5. The van der Waals surface area contributed by atoms with Gasteiger partial charge in [0.05, 0.1) is 24.1 Å². The number of nitrogens with zero attached hydrogens (tertiary/aromatic N) is 3. The molecule has 0 spiro atoms. The molecule has 0 saturated carbocycles. The highest BCUT2D eigenvalue weighted by Gasteiger charge is 2.31. The van der Waals surface area contributed by atoms with Gasteiger partial charge in [-0.3, -0.25) is 28.8 Å². The van der Waals surface area contributed by atoms with Crippen LogP contribution in [0, 0.1) is 5.92 Å². The Morgan fingerprint density at radius 3 is 2.47 bits per heavy atom. The number of aromatic nitrogens is 2. The first-order valence-corrected chi connectivity index (χ1v) is 12.6. The van der Waals surface area contributed by atoms with Crippen molar-refractivity contribution in [1.29, 1.82) is 0 Å². The predicted molar refractivity (Wildman–Crippen MR) is 134 cm³/mol. The molecule has 4 rings (SSSR count). The Morgan fingerprint density at radius 1 is 1.08 bits per heavy atom. The predicted octanol–water partition coefficient (Wildman–Crippen LogP) is 2.14. The highest BCUT2D eigenvalue weighted by molar-refractivity contribution is 6.00. The number of imidazole rings is 1. The van der Waals surface area contributed by atoms with Gasteiger partial charge in [-0.2, -0.15) is 0 Å². The first kappa shape index (κ1) is 25.9. The molecular formula is C26H36N4O6. The number of aryl methyl sites for hydroxylation is 1. The summed E-state index contributed by atoms with van der Waals surface area (Å²) in [5.41, 5.74) is 0.571. The largest absolute Gasteiger partial charge is 0.493 e. The maximum atomic E-state index is 12.9. The molecular weight excluding hydrogens is 464 g/mol. The van der Waals surface area contributed by atoms with E-state index in [9.17, 15) is 19.2 Å². The van der Waals surface area contributed by atoms with Crippen molar-refractivity contribution in [3.8, 4) is 5.75 Å². The van der Waals surface area contributed by atoms with Crippen molar-refractivity contribution < 1.29 is 23.9 Å². The minimum absolute atomic E-state index is 0.163. The number of likely N-dealkylation sites (tertiary alicyclic amines) is 1. The Kier molecular flexibility index (Phi) is 7.54. The maximum absolute atomic E-state index is 12.9. The summed E-state index contributed by atoms with van der Waals surface area (Å²) >= 11 is 0. The summed E-state index contributed by atoms with van der Waals surface area (Å²) in [6.45, 7) is 8.74. The van der Waals surface area contributed by atoms with Gasteiger partial charge in [-0.15, -0.1) is 0 Å². The van der Waals surface area contributed by atoms with Crippen LogP contribution in [0.15, 0.2) is 23.0 Å². The second-order valence-corrected chi connectivity index (χ2v) is 10.8. The van der Waals surface area contributed by atoms with Gasteiger partial charge in [0.1, 0.15) is 17.4 Å². The van der Waals surface area contributed by atoms with Crippen LogP contribution < -0.4 is 15.7 Å². The van der Waals surface area contributed by atoms with E-state index in [2.05, 4.69) is 10.2 Å². The van der Waals surface area contributed by atoms with E-state index < -0.39 is 17.6 Å². The molecule has 1 unspecified atom stereocenters. The van der Waals surface area contributed by atoms with Crippen molar-refractivity contribution >= 4 is 28.8 Å². The maximum Gasteiger partial charge on any atom is 0.329 e. The van der Waals surface area contributed by atoms with Gasteiger partial charge in [0, 0.05) is 26.1 Å². The van der Waals surface area contributed by atoms with E-state index >= 15 is 0 Å². The number of esters is 1. The van der Waals surface area contributed by atoms with Crippen LogP contribution in [0.5, 0.6) is 5.75 Å². The van der Waals surface area contributed by atoms with Crippen molar-refractivity contribution in [3.63, 3.8) is 0 Å². The first-order chi connectivity index (χ1) is 17.0. The highest BCUT2D eigenvalue weighted by atomic mass is 16.6. The lowest BCUT2D eigenvalue weighted by Crippen LogP contribution is -2.44. The molecule has 1 N–H and O–H groups in total. The Labute approximate surface area is 210 Å². The lowest BCUT2D eigenvalue weighted by molar-refractivity contribution is -0.155. The fraction of sp³-hybridized carbons (Fsp3) is 0.615. The van der Waals surface area contributed by atoms with E-state index in [0.29, 0.717) is 48.7 Å². The van der Waals surface area contributed by atoms with Gasteiger partial charge in [0.25, 0.3) is 0 Å². The molecule has 196 valence electrons. The van der Waals surface area contributed by atoms with Crippen LogP contribution in [0.4, 0.5) is 0 Å². The standard InChI is InChI=1S/C26H36N4O6/c1-26(2,3)36-23(32)11-14-29-12-9-17(10-13-29)16-35-18-5-6-19-21(15-18)28(4)25(34)30(19)20-7-8-22(31)27-24(20)33/h5-6,15,17,20H,7-14,16H2,1-4H3,(H,27,31,33). The van der Waals surface area contributed by atoms with Crippen LogP contribution in [-0.2, 0) is 26.2 Å². The Hall–Kier alpha value is -3.14. The van der Waals surface area contributed by atoms with Gasteiger partial charge >= 0.3 is 11.7 Å². The lowest BCUT2D eigenvalue weighted by Gasteiger charge is -2.31. The molecule has 2 aromatic rings. The van der Waals surface area contributed by atoms with Gasteiger partial charge in [0.15, 0.2) is 0 Å². The Morgan fingerprint density at radius 2 is 1.81 bits per heavy atom. The molecule has 36 heavy (non-hydrogen) atoms. The molecule has 1 aromatic heterocycles. The first-order valence-electron chi connectivity index (χ1n) is 12.6. The molecule has 0 aliphatic carbocycles. The Bertz CT molecular complexity index is 1200. The number of hydrogen-bond donors (Lipinski definition) is 1. The van der Waals surface area contributed by atoms with Crippen LogP contribution in [0.1, 0.15) is 58.9 Å². The third-order valence-corrected chi connectivity index (χ3v) is 6.83. The van der Waals surface area contributed by atoms with E-state index in [1.807, 2.05) is 32.9 Å². The van der Waals surface area contributed by atoms with Gasteiger partial charge in [-0.25, -0.2) is 4.79 Å². The summed E-state index contributed by atoms with van der Waals surface area (Å²) < 4.78 is 14.4. The SMILES string of the molecule is Cn1c(=O)n(C2CCC(=O)NC2=O)c2ccc(OCC3CCN(CCC(=O)OC(C)(C)C)CC3)cc21. The molecule has 10 heteroatoms. The van der Waals surface area contributed by atoms with Crippen LogP contribution in [0.3, 0.4) is 0 Å². The monoisotopic (exact) mass is 500 g/mol. The molecule has 2 aliphatic heterocycles. The molecule has 0 radical (unpaired) electrons. The third-order valence-electron chi connectivity index (χ3n) is 6.83. The van der Waals surface area contributed by atoms with Crippen molar-refractivity contribution in [3.05, 3.63) is 28.7 Å². The van der Waals surface area contributed by atoms with Crippen molar-refractivity contribution in [2.75, 3.05) is 26.2 Å². The number of carbonyl (C=O) groups is 3. The lowest BCUT2D eigenvalue weighted by atomic mass is 9.97. The topological polar surface area (TPSA) is 112 Å². The molecule has 0 bridgehead atoms. The normalized spacial score (nSPS) is 19.9. The average Bonchev–Trinajstić information content (AvgIpc) is 3.06. The summed E-state index contributed by atoms with van der Waals surface area (Å²) in [6, 6.07) is 4.75.